The Morgan fingerprint density at radius 3 is 1.89 bits per heavy atom. The molecular formula is C15H31BO2Sn. The van der Waals surface area contributed by atoms with E-state index in [9.17, 15) is 0 Å². The van der Waals surface area contributed by atoms with Crippen LogP contribution in [0.1, 0.15) is 53.9 Å². The molecule has 110 valence electrons. The molecule has 1 saturated heterocycles. The molecule has 2 nitrogen and oxygen atoms in total. The molecule has 0 spiro atoms. The van der Waals surface area contributed by atoms with Crippen molar-refractivity contribution < 1.29 is 9.31 Å². The molecule has 0 aromatic carbocycles. The molecule has 1 aliphatic rings. The van der Waals surface area contributed by atoms with Crippen LogP contribution in [0.4, 0.5) is 0 Å². The second-order valence-electron chi connectivity index (χ2n) is 7.64. The van der Waals surface area contributed by atoms with Crippen LogP contribution in [-0.2, 0) is 9.31 Å². The minimum absolute atomic E-state index is 0.113. The van der Waals surface area contributed by atoms with E-state index in [2.05, 4.69) is 55.5 Å². The van der Waals surface area contributed by atoms with E-state index in [1.165, 1.54) is 16.3 Å². The van der Waals surface area contributed by atoms with Gasteiger partial charge < -0.3 is 0 Å². The topological polar surface area (TPSA) is 18.5 Å². The first kappa shape index (κ1) is 17.6. The molecule has 0 bridgehead atoms. The van der Waals surface area contributed by atoms with E-state index < -0.39 is 18.4 Å². The summed E-state index contributed by atoms with van der Waals surface area (Å²) in [7, 11) is -0.113. The Balaban J connectivity index is 2.93. The van der Waals surface area contributed by atoms with Crippen LogP contribution in [0.2, 0.25) is 14.8 Å². The summed E-state index contributed by atoms with van der Waals surface area (Å²) in [6, 6.07) is 0. The van der Waals surface area contributed by atoms with Crippen LogP contribution < -0.4 is 0 Å². The number of unbranched alkanes of at least 4 members (excludes halogenated alkanes) is 2. The van der Waals surface area contributed by atoms with Crippen molar-refractivity contribution in [3.63, 3.8) is 0 Å². The van der Waals surface area contributed by atoms with Crippen LogP contribution in [0.25, 0.3) is 0 Å². The number of hydrogen-bond acceptors (Lipinski definition) is 2. The van der Waals surface area contributed by atoms with Gasteiger partial charge in [-0.05, 0) is 0 Å². The van der Waals surface area contributed by atoms with E-state index >= 15 is 0 Å². The van der Waals surface area contributed by atoms with Crippen LogP contribution in [0, 0.1) is 0 Å². The molecule has 0 unspecified atom stereocenters. The Kier molecular flexibility index (Phi) is 5.65. The zero-order valence-corrected chi connectivity index (χ0v) is 16.9. The molecule has 19 heavy (non-hydrogen) atoms. The van der Waals surface area contributed by atoms with Gasteiger partial charge in [0.2, 0.25) is 0 Å². The van der Waals surface area contributed by atoms with Gasteiger partial charge in [0, 0.05) is 0 Å². The van der Waals surface area contributed by atoms with Crippen molar-refractivity contribution in [2.75, 3.05) is 0 Å². The molecule has 1 rings (SSSR count). The fourth-order valence-corrected chi connectivity index (χ4v) is 6.70. The molecule has 0 aromatic heterocycles. The van der Waals surface area contributed by atoms with Gasteiger partial charge in [0.25, 0.3) is 0 Å². The van der Waals surface area contributed by atoms with Gasteiger partial charge in [0.15, 0.2) is 0 Å². The molecule has 1 aliphatic heterocycles. The van der Waals surface area contributed by atoms with Crippen LogP contribution in [0.15, 0.2) is 9.56 Å². The standard InChI is InChI=1S/C12H22BO2.3CH3.Sn/c1-6-7-8-9-10-13-14-11(2,3)12(4,5)15-13;;;;/h9H,6-8H2,1-5H3;3*1H3;. The summed E-state index contributed by atoms with van der Waals surface area (Å²) in [6.07, 6.45) is 6.07. The van der Waals surface area contributed by atoms with Crippen molar-refractivity contribution in [3.8, 4) is 0 Å². The predicted molar refractivity (Wildman–Crippen MR) is 87.0 cm³/mol. The third-order valence-corrected chi connectivity index (χ3v) is 10.5. The molecule has 1 fully saturated rings. The predicted octanol–water partition coefficient (Wildman–Crippen LogP) is 4.61. The Morgan fingerprint density at radius 2 is 1.53 bits per heavy atom. The summed E-state index contributed by atoms with van der Waals surface area (Å²) in [5.74, 6) is 0. The van der Waals surface area contributed by atoms with Crippen LogP contribution in [0.3, 0.4) is 0 Å². The first-order valence-electron chi connectivity index (χ1n) is 7.57. The van der Waals surface area contributed by atoms with Gasteiger partial charge in [-0.25, -0.2) is 0 Å². The molecule has 0 atom stereocenters. The Hall–Kier alpha value is 0.524. The fraction of sp³-hybridized carbons (Fsp3) is 0.867. The van der Waals surface area contributed by atoms with Gasteiger partial charge >= 0.3 is 124 Å². The van der Waals surface area contributed by atoms with E-state index in [4.69, 9.17) is 9.31 Å². The Bertz CT molecular complexity index is 327. The zero-order valence-electron chi connectivity index (χ0n) is 14.1. The second-order valence-corrected chi connectivity index (χ2v) is 22.1. The van der Waals surface area contributed by atoms with Crippen molar-refractivity contribution in [2.24, 2.45) is 0 Å². The average molecular weight is 373 g/mol. The van der Waals surface area contributed by atoms with E-state index in [-0.39, 0.29) is 18.3 Å². The summed E-state index contributed by atoms with van der Waals surface area (Å²) in [4.78, 5) is 7.33. The van der Waals surface area contributed by atoms with E-state index in [0.29, 0.717) is 0 Å². The molecule has 0 N–H and O–H groups in total. The normalized spacial score (nSPS) is 22.9. The van der Waals surface area contributed by atoms with Crippen LogP contribution in [-0.4, -0.2) is 36.7 Å². The molecule has 0 aromatic rings. The van der Waals surface area contributed by atoms with Gasteiger partial charge in [0.1, 0.15) is 0 Å². The summed E-state index contributed by atoms with van der Waals surface area (Å²) in [5, 5.41) is 0. The van der Waals surface area contributed by atoms with Crippen LogP contribution >= 0.6 is 0 Å². The van der Waals surface area contributed by atoms with E-state index in [1.54, 1.807) is 0 Å². The fourth-order valence-electron chi connectivity index (χ4n) is 2.19. The second kappa shape index (κ2) is 6.11. The van der Waals surface area contributed by atoms with Crippen molar-refractivity contribution in [1.82, 2.24) is 0 Å². The van der Waals surface area contributed by atoms with Gasteiger partial charge in [-0.1, -0.05) is 0 Å². The van der Waals surface area contributed by atoms with Crippen molar-refractivity contribution in [3.05, 3.63) is 9.56 Å². The third kappa shape index (κ3) is 4.24. The van der Waals surface area contributed by atoms with Gasteiger partial charge in [-0.15, -0.1) is 0 Å². The van der Waals surface area contributed by atoms with Crippen molar-refractivity contribution in [2.45, 2.75) is 79.9 Å². The number of allylic oxidation sites excluding steroid dienone is 1. The monoisotopic (exact) mass is 374 g/mol. The Labute approximate surface area is 124 Å². The third-order valence-electron chi connectivity index (χ3n) is 4.30. The zero-order chi connectivity index (χ0) is 14.9. The molecular weight excluding hydrogens is 342 g/mol. The quantitative estimate of drug-likeness (QED) is 0.518. The number of rotatable bonds is 5. The molecule has 0 saturated carbocycles. The molecule has 0 radical (unpaired) electrons. The van der Waals surface area contributed by atoms with Crippen molar-refractivity contribution >= 4 is 25.5 Å². The maximum atomic E-state index is 6.25. The molecule has 0 aliphatic carbocycles. The molecule has 1 heterocycles. The maximum absolute atomic E-state index is 6.25. The Morgan fingerprint density at radius 1 is 1.05 bits per heavy atom. The molecule has 0 amide bonds. The van der Waals surface area contributed by atoms with Gasteiger partial charge in [-0.3, -0.25) is 0 Å². The summed E-state index contributed by atoms with van der Waals surface area (Å²) >= 11 is -2.18. The summed E-state index contributed by atoms with van der Waals surface area (Å²) in [6.45, 7) is 10.8. The van der Waals surface area contributed by atoms with Gasteiger partial charge in [0.05, 0.1) is 0 Å². The minimum atomic E-state index is -2.18. The van der Waals surface area contributed by atoms with Crippen LogP contribution in [0.5, 0.6) is 0 Å². The van der Waals surface area contributed by atoms with Crippen molar-refractivity contribution in [1.29, 1.82) is 0 Å². The summed E-state index contributed by atoms with van der Waals surface area (Å²) in [5.41, 5.74) is -0.447. The van der Waals surface area contributed by atoms with Gasteiger partial charge in [-0.2, -0.15) is 0 Å². The average Bonchev–Trinajstić information content (AvgIpc) is 2.40. The van der Waals surface area contributed by atoms with E-state index in [1.807, 2.05) is 0 Å². The SMILES string of the molecule is CCCC/C=[C](/B1OC(C)(C)C(C)(C)O1)[Sn]([CH3])([CH3])[CH3]. The molecule has 4 heteroatoms. The summed E-state index contributed by atoms with van der Waals surface area (Å²) < 4.78 is 14.0. The first-order valence-corrected chi connectivity index (χ1v) is 17.6. The van der Waals surface area contributed by atoms with E-state index in [0.717, 1.165) is 6.42 Å². The first-order chi connectivity index (χ1) is 8.51. The number of hydrogen-bond donors (Lipinski definition) is 0.